The molecule has 0 fully saturated rings. The number of aryl methyl sites for hydroxylation is 3. The van der Waals surface area contributed by atoms with Crippen molar-refractivity contribution in [2.75, 3.05) is 11.9 Å². The van der Waals surface area contributed by atoms with Crippen molar-refractivity contribution < 1.29 is 23.6 Å². The zero-order valence-corrected chi connectivity index (χ0v) is 14.5. The second-order valence-electron chi connectivity index (χ2n) is 5.82. The summed E-state index contributed by atoms with van der Waals surface area (Å²) in [6, 6.07) is 6.40. The van der Waals surface area contributed by atoms with Gasteiger partial charge < -0.3 is 10.1 Å². The number of rotatable bonds is 5. The second kappa shape index (κ2) is 7.73. The predicted octanol–water partition coefficient (Wildman–Crippen LogP) is 3.45. The number of esters is 1. The summed E-state index contributed by atoms with van der Waals surface area (Å²) in [5.41, 5.74) is 2.05. The molecule has 0 aliphatic rings. The molecule has 26 heavy (non-hydrogen) atoms. The summed E-state index contributed by atoms with van der Waals surface area (Å²) in [6.45, 7) is 4.80. The lowest BCUT2D eigenvalue weighted by molar-refractivity contribution is -0.384. The van der Waals surface area contributed by atoms with Gasteiger partial charge in [-0.15, -0.1) is 0 Å². The molecular weight excluding hydrogens is 343 g/mol. The van der Waals surface area contributed by atoms with Gasteiger partial charge in [0.1, 0.15) is 11.5 Å². The fourth-order valence-corrected chi connectivity index (χ4v) is 2.65. The van der Waals surface area contributed by atoms with E-state index in [9.17, 15) is 24.1 Å². The van der Waals surface area contributed by atoms with Crippen LogP contribution in [0.2, 0.25) is 0 Å². The summed E-state index contributed by atoms with van der Waals surface area (Å²) in [5, 5.41) is 13.2. The molecule has 1 N–H and O–H groups in total. The monoisotopic (exact) mass is 360 g/mol. The van der Waals surface area contributed by atoms with Gasteiger partial charge in [-0.05, 0) is 44.0 Å². The van der Waals surface area contributed by atoms with Crippen LogP contribution < -0.4 is 5.32 Å². The first-order valence-electron chi connectivity index (χ1n) is 7.68. The van der Waals surface area contributed by atoms with E-state index in [1.807, 2.05) is 19.1 Å². The first-order valence-corrected chi connectivity index (χ1v) is 7.68. The average molecular weight is 360 g/mol. The van der Waals surface area contributed by atoms with Crippen LogP contribution in [0.4, 0.5) is 15.8 Å². The van der Waals surface area contributed by atoms with Crippen LogP contribution in [0.15, 0.2) is 30.3 Å². The Morgan fingerprint density at radius 3 is 2.35 bits per heavy atom. The number of anilines is 1. The van der Waals surface area contributed by atoms with Gasteiger partial charge in [-0.3, -0.25) is 14.9 Å². The van der Waals surface area contributed by atoms with E-state index in [0.717, 1.165) is 28.8 Å². The molecule has 0 saturated heterocycles. The maximum absolute atomic E-state index is 13.1. The fraction of sp³-hybridized carbons (Fsp3) is 0.222. The van der Waals surface area contributed by atoms with Crippen molar-refractivity contribution in [2.24, 2.45) is 0 Å². The zero-order chi connectivity index (χ0) is 19.4. The van der Waals surface area contributed by atoms with Crippen LogP contribution >= 0.6 is 0 Å². The number of hydrogen-bond acceptors (Lipinski definition) is 5. The summed E-state index contributed by atoms with van der Waals surface area (Å²) in [6.07, 6.45) is 0. The molecule has 0 saturated carbocycles. The van der Waals surface area contributed by atoms with Crippen LogP contribution in [-0.2, 0) is 9.53 Å². The molecule has 8 heteroatoms. The Morgan fingerprint density at radius 1 is 1.15 bits per heavy atom. The van der Waals surface area contributed by atoms with Crippen molar-refractivity contribution in [3.63, 3.8) is 0 Å². The van der Waals surface area contributed by atoms with Gasteiger partial charge in [0.25, 0.3) is 11.6 Å². The van der Waals surface area contributed by atoms with Crippen LogP contribution in [0.25, 0.3) is 0 Å². The number of ether oxygens (including phenoxy) is 1. The Hall–Kier alpha value is -3.29. The highest BCUT2D eigenvalue weighted by atomic mass is 19.1. The van der Waals surface area contributed by atoms with E-state index in [2.05, 4.69) is 5.32 Å². The molecule has 7 nitrogen and oxygen atoms in total. The topological polar surface area (TPSA) is 98.5 Å². The van der Waals surface area contributed by atoms with E-state index in [0.29, 0.717) is 11.6 Å². The second-order valence-corrected chi connectivity index (χ2v) is 5.82. The third kappa shape index (κ3) is 4.41. The summed E-state index contributed by atoms with van der Waals surface area (Å²) in [7, 11) is 0. The highest BCUT2D eigenvalue weighted by Gasteiger charge is 2.19. The van der Waals surface area contributed by atoms with Crippen molar-refractivity contribution in [2.45, 2.75) is 20.8 Å². The Morgan fingerprint density at radius 2 is 1.77 bits per heavy atom. The molecular formula is C18H17FN2O5. The maximum atomic E-state index is 13.1. The first kappa shape index (κ1) is 19.0. The van der Waals surface area contributed by atoms with E-state index in [4.69, 9.17) is 4.74 Å². The number of halogens is 1. The van der Waals surface area contributed by atoms with Crippen LogP contribution in [0.1, 0.15) is 27.0 Å². The third-order valence-electron chi connectivity index (χ3n) is 3.65. The van der Waals surface area contributed by atoms with Gasteiger partial charge in [0.15, 0.2) is 6.61 Å². The zero-order valence-electron chi connectivity index (χ0n) is 14.5. The number of nitrogens with one attached hydrogen (secondary N) is 1. The van der Waals surface area contributed by atoms with Gasteiger partial charge in [-0.1, -0.05) is 17.7 Å². The summed E-state index contributed by atoms with van der Waals surface area (Å²) in [4.78, 5) is 34.2. The largest absolute Gasteiger partial charge is 0.452 e. The summed E-state index contributed by atoms with van der Waals surface area (Å²) >= 11 is 0. The third-order valence-corrected chi connectivity index (χ3v) is 3.65. The fourth-order valence-electron chi connectivity index (χ4n) is 2.65. The lowest BCUT2D eigenvalue weighted by Gasteiger charge is -2.11. The van der Waals surface area contributed by atoms with Gasteiger partial charge in [0, 0.05) is 0 Å². The molecule has 0 aromatic heterocycles. The van der Waals surface area contributed by atoms with Crippen LogP contribution in [0.5, 0.6) is 0 Å². The molecule has 0 aliphatic carbocycles. The quantitative estimate of drug-likeness (QED) is 0.500. The Bertz CT molecular complexity index is 872. The number of nitrogens with zero attached hydrogens (tertiary/aromatic N) is 1. The minimum atomic E-state index is -0.816. The van der Waals surface area contributed by atoms with E-state index in [1.165, 1.54) is 0 Å². The lowest BCUT2D eigenvalue weighted by Crippen LogP contribution is -2.22. The average Bonchev–Trinajstić information content (AvgIpc) is 2.53. The number of carbonyl (C=O) groups is 2. The van der Waals surface area contributed by atoms with E-state index in [-0.39, 0.29) is 5.69 Å². The number of carbonyl (C=O) groups excluding carboxylic acids is 2. The van der Waals surface area contributed by atoms with Gasteiger partial charge in [-0.25, -0.2) is 9.18 Å². The van der Waals surface area contributed by atoms with E-state index >= 15 is 0 Å². The van der Waals surface area contributed by atoms with E-state index in [1.54, 1.807) is 13.8 Å². The molecule has 2 rings (SSSR count). The molecule has 0 unspecified atom stereocenters. The number of benzene rings is 2. The van der Waals surface area contributed by atoms with Crippen molar-refractivity contribution in [3.8, 4) is 0 Å². The molecule has 2 aromatic rings. The highest BCUT2D eigenvalue weighted by molar-refractivity contribution is 5.97. The van der Waals surface area contributed by atoms with Crippen molar-refractivity contribution >= 4 is 23.3 Å². The standard InChI is InChI=1S/C18H17FN2O5/c1-10-6-11(2)17(12(3)7-10)18(23)26-9-16(22)20-14-5-4-13(19)8-15(14)21(24)25/h4-8H,9H2,1-3H3,(H,20,22). The molecule has 2 aromatic carbocycles. The van der Waals surface area contributed by atoms with Crippen LogP contribution in [0, 0.1) is 36.7 Å². The minimum absolute atomic E-state index is 0.180. The van der Waals surface area contributed by atoms with Gasteiger partial charge in [-0.2, -0.15) is 0 Å². The maximum Gasteiger partial charge on any atom is 0.339 e. The minimum Gasteiger partial charge on any atom is -0.452 e. The van der Waals surface area contributed by atoms with E-state index < -0.39 is 34.9 Å². The number of hydrogen-bond donors (Lipinski definition) is 1. The normalized spacial score (nSPS) is 10.3. The SMILES string of the molecule is Cc1cc(C)c(C(=O)OCC(=O)Nc2ccc(F)cc2[N+](=O)[O-])c(C)c1. The van der Waals surface area contributed by atoms with Gasteiger partial charge in [0.2, 0.25) is 0 Å². The molecule has 0 radical (unpaired) electrons. The van der Waals surface area contributed by atoms with Crippen molar-refractivity contribution in [1.29, 1.82) is 0 Å². The van der Waals surface area contributed by atoms with Crippen molar-refractivity contribution in [1.82, 2.24) is 0 Å². The summed E-state index contributed by atoms with van der Waals surface area (Å²) < 4.78 is 18.1. The predicted molar refractivity (Wildman–Crippen MR) is 92.6 cm³/mol. The van der Waals surface area contributed by atoms with Crippen LogP contribution in [-0.4, -0.2) is 23.4 Å². The molecule has 136 valence electrons. The van der Waals surface area contributed by atoms with Crippen molar-refractivity contribution in [3.05, 3.63) is 68.5 Å². The smallest absolute Gasteiger partial charge is 0.339 e. The Labute approximate surface area is 148 Å². The molecule has 0 heterocycles. The Balaban J connectivity index is 2.06. The number of nitro benzene ring substituents is 1. The van der Waals surface area contributed by atoms with Gasteiger partial charge >= 0.3 is 5.97 Å². The highest BCUT2D eigenvalue weighted by Crippen LogP contribution is 2.25. The van der Waals surface area contributed by atoms with Crippen LogP contribution in [0.3, 0.4) is 0 Å². The molecule has 0 aliphatic heterocycles. The van der Waals surface area contributed by atoms with Gasteiger partial charge in [0.05, 0.1) is 16.6 Å². The number of amides is 1. The Kier molecular flexibility index (Phi) is 5.66. The first-order chi connectivity index (χ1) is 12.2. The molecule has 0 atom stereocenters. The molecule has 0 bridgehead atoms. The summed E-state index contributed by atoms with van der Waals surface area (Å²) in [5.74, 6) is -2.23. The molecule has 0 spiro atoms. The lowest BCUT2D eigenvalue weighted by atomic mass is 10.00. The molecule has 1 amide bonds. The number of nitro groups is 1.